The van der Waals surface area contributed by atoms with E-state index in [9.17, 15) is 4.79 Å². The highest BCUT2D eigenvalue weighted by atomic mass is 35.5. The van der Waals surface area contributed by atoms with Crippen molar-refractivity contribution >= 4 is 23.5 Å². The van der Waals surface area contributed by atoms with Crippen LogP contribution in [0.15, 0.2) is 59.8 Å². The summed E-state index contributed by atoms with van der Waals surface area (Å²) in [6.07, 6.45) is 1.75. The SMILES string of the molecule is CCCCOC(=O)C1=C(C)Nc2nnnn2C1c1cccc(OCc2ccc(Cl)cc2)c1. The first kappa shape index (κ1) is 21.8. The van der Waals surface area contributed by atoms with E-state index in [2.05, 4.69) is 20.8 Å². The molecule has 1 atom stereocenters. The summed E-state index contributed by atoms with van der Waals surface area (Å²) >= 11 is 5.95. The molecule has 166 valence electrons. The van der Waals surface area contributed by atoms with E-state index < -0.39 is 6.04 Å². The molecule has 1 aromatic heterocycles. The number of carbonyl (C=O) groups excluding carboxylic acids is 1. The minimum Gasteiger partial charge on any atom is -0.489 e. The number of hydrogen-bond acceptors (Lipinski definition) is 7. The second kappa shape index (κ2) is 9.82. The van der Waals surface area contributed by atoms with Crippen LogP contribution in [-0.2, 0) is 16.1 Å². The molecule has 3 aromatic rings. The molecule has 0 bridgehead atoms. The van der Waals surface area contributed by atoms with Crippen LogP contribution in [-0.4, -0.2) is 32.8 Å². The lowest BCUT2D eigenvalue weighted by Crippen LogP contribution is -2.29. The molecule has 0 radical (unpaired) electrons. The average molecular weight is 454 g/mol. The van der Waals surface area contributed by atoms with Crippen molar-refractivity contribution in [3.63, 3.8) is 0 Å². The third kappa shape index (κ3) is 4.75. The Bertz CT molecular complexity index is 1130. The normalized spacial score (nSPS) is 15.2. The van der Waals surface area contributed by atoms with Gasteiger partial charge in [0.2, 0.25) is 5.95 Å². The van der Waals surface area contributed by atoms with Crippen molar-refractivity contribution in [1.29, 1.82) is 0 Å². The maximum atomic E-state index is 13.0. The lowest BCUT2D eigenvalue weighted by molar-refractivity contribution is -0.139. The van der Waals surface area contributed by atoms with Gasteiger partial charge in [0.25, 0.3) is 0 Å². The van der Waals surface area contributed by atoms with Gasteiger partial charge in [-0.1, -0.05) is 54.3 Å². The van der Waals surface area contributed by atoms with Gasteiger partial charge in [-0.25, -0.2) is 4.79 Å². The highest BCUT2D eigenvalue weighted by Crippen LogP contribution is 2.36. The molecule has 0 spiro atoms. The number of rotatable bonds is 8. The van der Waals surface area contributed by atoms with Gasteiger partial charge in [0.15, 0.2) is 0 Å². The van der Waals surface area contributed by atoms with Gasteiger partial charge in [-0.3, -0.25) is 0 Å². The molecule has 0 amide bonds. The van der Waals surface area contributed by atoms with Crippen LogP contribution in [0.5, 0.6) is 5.75 Å². The number of nitrogens with one attached hydrogen (secondary N) is 1. The minimum atomic E-state index is -0.533. The molecule has 1 unspecified atom stereocenters. The number of hydrogen-bond donors (Lipinski definition) is 1. The summed E-state index contributed by atoms with van der Waals surface area (Å²) in [5.74, 6) is 0.745. The zero-order valence-corrected chi connectivity index (χ0v) is 18.7. The van der Waals surface area contributed by atoms with Gasteiger partial charge in [0, 0.05) is 10.7 Å². The molecule has 9 heteroatoms. The summed E-state index contributed by atoms with van der Waals surface area (Å²) in [6, 6.07) is 14.5. The molecule has 1 aliphatic heterocycles. The molecule has 0 aliphatic carbocycles. The van der Waals surface area contributed by atoms with Gasteiger partial charge in [-0.15, -0.1) is 0 Å². The lowest BCUT2D eigenvalue weighted by atomic mass is 9.95. The summed E-state index contributed by atoms with van der Waals surface area (Å²) in [7, 11) is 0. The van der Waals surface area contributed by atoms with Crippen molar-refractivity contribution < 1.29 is 14.3 Å². The van der Waals surface area contributed by atoms with Crippen LogP contribution in [0.25, 0.3) is 0 Å². The number of aromatic nitrogens is 4. The Hall–Kier alpha value is -3.39. The number of benzene rings is 2. The number of unbranched alkanes of at least 4 members (excludes halogenated alkanes) is 1. The molecule has 8 nitrogen and oxygen atoms in total. The van der Waals surface area contributed by atoms with Gasteiger partial charge in [-0.2, -0.15) is 4.68 Å². The van der Waals surface area contributed by atoms with E-state index in [0.717, 1.165) is 24.0 Å². The molecular formula is C23H24ClN5O3. The number of halogens is 1. The summed E-state index contributed by atoms with van der Waals surface area (Å²) in [5.41, 5.74) is 2.94. The van der Waals surface area contributed by atoms with E-state index in [1.807, 2.05) is 62.4 Å². The number of ether oxygens (including phenoxy) is 2. The molecule has 2 heterocycles. The smallest absolute Gasteiger partial charge is 0.338 e. The Balaban J connectivity index is 1.61. The number of tetrazole rings is 1. The fourth-order valence-electron chi connectivity index (χ4n) is 3.49. The fraction of sp³-hybridized carbons (Fsp3) is 0.304. The highest BCUT2D eigenvalue weighted by Gasteiger charge is 2.35. The van der Waals surface area contributed by atoms with E-state index in [1.165, 1.54) is 0 Å². The molecular weight excluding hydrogens is 430 g/mol. The van der Waals surface area contributed by atoms with Crippen molar-refractivity contribution in [2.75, 3.05) is 11.9 Å². The van der Waals surface area contributed by atoms with Gasteiger partial charge in [-0.05, 0) is 59.2 Å². The predicted molar refractivity (Wildman–Crippen MR) is 120 cm³/mol. The van der Waals surface area contributed by atoms with Crippen LogP contribution in [0.4, 0.5) is 5.95 Å². The molecule has 0 saturated carbocycles. The number of nitrogens with zero attached hydrogens (tertiary/aromatic N) is 4. The number of anilines is 1. The Labute approximate surface area is 191 Å². The van der Waals surface area contributed by atoms with Gasteiger partial charge in [0.1, 0.15) is 18.4 Å². The number of allylic oxidation sites excluding steroid dienone is 1. The second-order valence-corrected chi connectivity index (χ2v) is 7.93. The predicted octanol–water partition coefficient (Wildman–Crippen LogP) is 4.54. The van der Waals surface area contributed by atoms with Gasteiger partial charge >= 0.3 is 5.97 Å². The largest absolute Gasteiger partial charge is 0.489 e. The van der Waals surface area contributed by atoms with Crippen molar-refractivity contribution in [1.82, 2.24) is 20.2 Å². The van der Waals surface area contributed by atoms with E-state index >= 15 is 0 Å². The Kier molecular flexibility index (Phi) is 6.70. The number of esters is 1. The van der Waals surface area contributed by atoms with Crippen LogP contribution in [0.1, 0.15) is 43.9 Å². The quantitative estimate of drug-likeness (QED) is 0.395. The van der Waals surface area contributed by atoms with E-state index in [4.69, 9.17) is 21.1 Å². The zero-order valence-electron chi connectivity index (χ0n) is 17.9. The monoisotopic (exact) mass is 453 g/mol. The topological polar surface area (TPSA) is 91.2 Å². The maximum Gasteiger partial charge on any atom is 0.338 e. The highest BCUT2D eigenvalue weighted by molar-refractivity contribution is 6.30. The molecule has 2 aromatic carbocycles. The Morgan fingerprint density at radius 1 is 1.22 bits per heavy atom. The fourth-order valence-corrected chi connectivity index (χ4v) is 3.62. The Morgan fingerprint density at radius 3 is 2.81 bits per heavy atom. The van der Waals surface area contributed by atoms with Crippen LogP contribution >= 0.6 is 11.6 Å². The van der Waals surface area contributed by atoms with Crippen molar-refractivity contribution in [3.05, 3.63) is 76.0 Å². The summed E-state index contributed by atoms with van der Waals surface area (Å²) < 4.78 is 13.1. The standard InChI is InChI=1S/C23H24ClN5O3/c1-3-4-12-31-22(30)20-15(2)25-23-26-27-28-29(23)21(20)17-6-5-7-19(13-17)32-14-16-8-10-18(24)11-9-16/h5-11,13,21H,3-4,12,14H2,1-2H3,(H,25,26,28). The van der Waals surface area contributed by atoms with Crippen LogP contribution in [0, 0.1) is 0 Å². The molecule has 0 saturated heterocycles. The molecule has 32 heavy (non-hydrogen) atoms. The summed E-state index contributed by atoms with van der Waals surface area (Å²) in [5, 5.41) is 15.7. The molecule has 1 N–H and O–H groups in total. The Morgan fingerprint density at radius 2 is 2.03 bits per heavy atom. The van der Waals surface area contributed by atoms with Crippen molar-refractivity contribution in [2.45, 2.75) is 39.3 Å². The zero-order chi connectivity index (χ0) is 22.5. The number of fused-ring (bicyclic) bond motifs is 1. The van der Waals surface area contributed by atoms with E-state index in [0.29, 0.717) is 41.2 Å². The summed E-state index contributed by atoms with van der Waals surface area (Å²) in [6.45, 7) is 4.63. The van der Waals surface area contributed by atoms with Crippen LogP contribution in [0.2, 0.25) is 5.02 Å². The first-order chi connectivity index (χ1) is 15.6. The van der Waals surface area contributed by atoms with Gasteiger partial charge < -0.3 is 14.8 Å². The number of carbonyl (C=O) groups is 1. The average Bonchev–Trinajstić information content (AvgIpc) is 3.26. The third-order valence-electron chi connectivity index (χ3n) is 5.16. The first-order valence-corrected chi connectivity index (χ1v) is 10.8. The molecule has 4 rings (SSSR count). The molecule has 1 aliphatic rings. The molecule has 0 fully saturated rings. The van der Waals surface area contributed by atoms with Crippen molar-refractivity contribution in [3.8, 4) is 5.75 Å². The first-order valence-electron chi connectivity index (χ1n) is 10.5. The van der Waals surface area contributed by atoms with E-state index in [1.54, 1.807) is 4.68 Å². The van der Waals surface area contributed by atoms with Crippen LogP contribution in [0.3, 0.4) is 0 Å². The maximum absolute atomic E-state index is 13.0. The van der Waals surface area contributed by atoms with Crippen LogP contribution < -0.4 is 10.1 Å². The summed E-state index contributed by atoms with van der Waals surface area (Å²) in [4.78, 5) is 13.0. The lowest BCUT2D eigenvalue weighted by Gasteiger charge is -2.27. The van der Waals surface area contributed by atoms with E-state index in [-0.39, 0.29) is 5.97 Å². The third-order valence-corrected chi connectivity index (χ3v) is 5.41. The van der Waals surface area contributed by atoms with Crippen molar-refractivity contribution in [2.24, 2.45) is 0 Å². The van der Waals surface area contributed by atoms with Gasteiger partial charge in [0.05, 0.1) is 12.2 Å². The second-order valence-electron chi connectivity index (χ2n) is 7.49. The minimum absolute atomic E-state index is 0.367.